The summed E-state index contributed by atoms with van der Waals surface area (Å²) in [4.78, 5) is 0. The van der Waals surface area contributed by atoms with Gasteiger partial charge in [-0.3, -0.25) is 0 Å². The van der Waals surface area contributed by atoms with Crippen LogP contribution in [0.1, 0.15) is 208 Å². The van der Waals surface area contributed by atoms with E-state index in [2.05, 4.69) is 75.0 Å². The first-order valence-electron chi connectivity index (χ1n) is 20.1. The summed E-state index contributed by atoms with van der Waals surface area (Å²) in [6.45, 7) is 14.2. The van der Waals surface area contributed by atoms with Gasteiger partial charge in [0.2, 0.25) is 0 Å². The number of benzene rings is 2. The van der Waals surface area contributed by atoms with E-state index < -0.39 is 0 Å². The monoisotopic (exact) mass is 635 g/mol. The SMILES string of the molecule is CCCCc1ccc(C(CCCCCCCP)c2ccc(CCCC)c(CCCC)c2CCCC)c(CCCC)c1CCCC. The Kier molecular flexibility index (Phi) is 22.2. The van der Waals surface area contributed by atoms with Gasteiger partial charge in [-0.2, -0.15) is 0 Å². The van der Waals surface area contributed by atoms with Gasteiger partial charge in [0, 0.05) is 5.92 Å². The molecule has 0 nitrogen and oxygen atoms in total. The van der Waals surface area contributed by atoms with Gasteiger partial charge >= 0.3 is 0 Å². The van der Waals surface area contributed by atoms with E-state index in [1.807, 2.05) is 0 Å². The summed E-state index contributed by atoms with van der Waals surface area (Å²) in [7, 11) is 2.92. The van der Waals surface area contributed by atoms with Gasteiger partial charge in [0.25, 0.3) is 0 Å². The van der Waals surface area contributed by atoms with Crippen LogP contribution < -0.4 is 0 Å². The van der Waals surface area contributed by atoms with Crippen molar-refractivity contribution < 1.29 is 0 Å². The quantitative estimate of drug-likeness (QED) is 0.0677. The minimum Gasteiger partial charge on any atom is -0.138 e. The van der Waals surface area contributed by atoms with Crippen molar-refractivity contribution in [2.75, 3.05) is 6.16 Å². The Morgan fingerprint density at radius 3 is 1.16 bits per heavy atom. The van der Waals surface area contributed by atoms with Crippen LogP contribution >= 0.6 is 9.24 Å². The van der Waals surface area contributed by atoms with E-state index in [0.717, 1.165) is 0 Å². The lowest BCUT2D eigenvalue weighted by Crippen LogP contribution is -2.14. The van der Waals surface area contributed by atoms with Gasteiger partial charge in [-0.25, -0.2) is 0 Å². The highest BCUT2D eigenvalue weighted by molar-refractivity contribution is 7.16. The summed E-state index contributed by atoms with van der Waals surface area (Å²) in [5.41, 5.74) is 13.8. The Hall–Kier alpha value is -1.13. The second-order valence-electron chi connectivity index (χ2n) is 14.1. The van der Waals surface area contributed by atoms with Crippen LogP contribution in [0.25, 0.3) is 0 Å². The Labute approximate surface area is 284 Å². The molecule has 0 amide bonds. The maximum absolute atomic E-state index is 2.92. The van der Waals surface area contributed by atoms with E-state index >= 15 is 0 Å². The molecule has 1 atom stereocenters. The van der Waals surface area contributed by atoms with Crippen molar-refractivity contribution in [3.05, 3.63) is 68.8 Å². The van der Waals surface area contributed by atoms with Crippen LogP contribution in [0.4, 0.5) is 0 Å². The lowest BCUT2D eigenvalue weighted by atomic mass is 9.75. The van der Waals surface area contributed by atoms with Crippen molar-refractivity contribution in [3.63, 3.8) is 0 Å². The molecule has 45 heavy (non-hydrogen) atoms. The lowest BCUT2D eigenvalue weighted by molar-refractivity contribution is 0.574. The van der Waals surface area contributed by atoms with Crippen LogP contribution in [0.3, 0.4) is 0 Å². The van der Waals surface area contributed by atoms with Gasteiger partial charge in [-0.05, 0) is 141 Å². The van der Waals surface area contributed by atoms with Gasteiger partial charge in [0.1, 0.15) is 0 Å². The van der Waals surface area contributed by atoms with E-state index in [1.165, 1.54) is 160 Å². The maximum atomic E-state index is 2.92. The third kappa shape index (κ3) is 13.5. The molecule has 0 aliphatic carbocycles. The molecular formula is C44H75P. The Morgan fingerprint density at radius 2 is 0.756 bits per heavy atom. The molecule has 2 aromatic rings. The zero-order valence-corrected chi connectivity index (χ0v) is 32.3. The normalized spacial score (nSPS) is 11.6. The molecule has 0 bridgehead atoms. The molecule has 0 heterocycles. The Bertz CT molecular complexity index is 958. The molecular weight excluding hydrogens is 559 g/mol. The highest BCUT2D eigenvalue weighted by Gasteiger charge is 2.25. The van der Waals surface area contributed by atoms with E-state index in [4.69, 9.17) is 0 Å². The largest absolute Gasteiger partial charge is 0.138 e. The van der Waals surface area contributed by atoms with Crippen molar-refractivity contribution in [2.45, 2.75) is 202 Å². The van der Waals surface area contributed by atoms with Crippen molar-refractivity contribution in [1.82, 2.24) is 0 Å². The van der Waals surface area contributed by atoms with Crippen molar-refractivity contribution in [3.8, 4) is 0 Å². The van der Waals surface area contributed by atoms with Gasteiger partial charge < -0.3 is 0 Å². The van der Waals surface area contributed by atoms with Crippen molar-refractivity contribution in [1.29, 1.82) is 0 Å². The van der Waals surface area contributed by atoms with E-state index in [-0.39, 0.29) is 0 Å². The first-order chi connectivity index (χ1) is 22.1. The molecule has 1 unspecified atom stereocenters. The fourth-order valence-corrected chi connectivity index (χ4v) is 7.79. The molecule has 0 fully saturated rings. The second-order valence-corrected chi connectivity index (χ2v) is 14.6. The number of hydrogen-bond acceptors (Lipinski definition) is 0. The minimum atomic E-state index is 0.534. The molecule has 1 heteroatoms. The molecule has 0 aromatic heterocycles. The lowest BCUT2D eigenvalue weighted by Gasteiger charge is -2.29. The number of unbranched alkanes of at least 4 members (excludes halogenated alkanes) is 10. The zero-order chi connectivity index (χ0) is 32.7. The van der Waals surface area contributed by atoms with E-state index in [1.54, 1.807) is 44.5 Å². The molecule has 0 aliphatic heterocycles. The van der Waals surface area contributed by atoms with Crippen LogP contribution in [0.15, 0.2) is 24.3 Å². The molecule has 0 saturated heterocycles. The third-order valence-corrected chi connectivity index (χ3v) is 10.7. The molecule has 0 aliphatic rings. The average molecular weight is 635 g/mol. The van der Waals surface area contributed by atoms with Crippen molar-refractivity contribution >= 4 is 9.24 Å². The minimum absolute atomic E-state index is 0.534. The van der Waals surface area contributed by atoms with Crippen LogP contribution in [0.2, 0.25) is 0 Å². The van der Waals surface area contributed by atoms with Crippen LogP contribution in [0, 0.1) is 0 Å². The zero-order valence-electron chi connectivity index (χ0n) is 31.1. The Balaban J connectivity index is 2.80. The van der Waals surface area contributed by atoms with Crippen LogP contribution in [0.5, 0.6) is 0 Å². The first-order valence-corrected chi connectivity index (χ1v) is 20.9. The highest BCUT2D eigenvalue weighted by Crippen LogP contribution is 2.40. The fraction of sp³-hybridized carbons (Fsp3) is 0.727. The molecule has 0 spiro atoms. The molecule has 0 saturated carbocycles. The fourth-order valence-electron chi connectivity index (χ4n) is 7.50. The number of hydrogen-bond donors (Lipinski definition) is 0. The summed E-state index contributed by atoms with van der Waals surface area (Å²) in [6, 6.07) is 10.5. The van der Waals surface area contributed by atoms with Gasteiger partial charge in [-0.15, -0.1) is 9.24 Å². The summed E-state index contributed by atoms with van der Waals surface area (Å²) in [5, 5.41) is 0. The van der Waals surface area contributed by atoms with Gasteiger partial charge in [-0.1, -0.05) is 130 Å². The van der Waals surface area contributed by atoms with Gasteiger partial charge in [0.05, 0.1) is 0 Å². The second kappa shape index (κ2) is 25.0. The standard InChI is InChI=1S/C44H75P/c1-7-13-24-36-31-33-43(40(28-17-11-5)38(36)26-15-9-3)42(30-22-20-19-21-23-35-45)44-34-32-37(25-14-8-2)39(27-16-10-4)41(44)29-18-12-6/h31-34,42H,7-30,35,45H2,1-6H3. The van der Waals surface area contributed by atoms with Crippen LogP contribution in [-0.4, -0.2) is 6.16 Å². The smallest absolute Gasteiger partial charge is 0.00950 e. The molecule has 2 rings (SSSR count). The predicted octanol–water partition coefficient (Wildman–Crippen LogP) is 14.1. The topological polar surface area (TPSA) is 0 Å². The predicted molar refractivity (Wildman–Crippen MR) is 209 cm³/mol. The summed E-state index contributed by atoms with van der Waals surface area (Å²) < 4.78 is 0. The summed E-state index contributed by atoms with van der Waals surface area (Å²) in [5.74, 6) is 0.534. The summed E-state index contributed by atoms with van der Waals surface area (Å²) in [6.07, 6.45) is 32.6. The van der Waals surface area contributed by atoms with Crippen LogP contribution in [-0.2, 0) is 38.5 Å². The molecule has 0 N–H and O–H groups in total. The van der Waals surface area contributed by atoms with Gasteiger partial charge in [0.15, 0.2) is 0 Å². The maximum Gasteiger partial charge on any atom is 0.00950 e. The molecule has 2 aromatic carbocycles. The Morgan fingerprint density at radius 1 is 0.400 bits per heavy atom. The first kappa shape index (κ1) is 40.0. The molecule has 256 valence electrons. The van der Waals surface area contributed by atoms with E-state index in [0.29, 0.717) is 5.92 Å². The highest BCUT2D eigenvalue weighted by atomic mass is 31.0. The average Bonchev–Trinajstić information content (AvgIpc) is 3.06. The third-order valence-electron chi connectivity index (χ3n) is 10.3. The number of rotatable bonds is 27. The molecule has 0 radical (unpaired) electrons. The summed E-state index contributed by atoms with van der Waals surface area (Å²) >= 11 is 0. The number of aryl methyl sites for hydroxylation is 2. The van der Waals surface area contributed by atoms with Crippen molar-refractivity contribution in [2.24, 2.45) is 0 Å². The van der Waals surface area contributed by atoms with E-state index in [9.17, 15) is 0 Å².